The second-order valence-electron chi connectivity index (χ2n) is 5.13. The van der Waals surface area contributed by atoms with Gasteiger partial charge in [-0.3, -0.25) is 4.79 Å². The van der Waals surface area contributed by atoms with Crippen molar-refractivity contribution in [2.75, 3.05) is 19.9 Å². The Balaban J connectivity index is 1.89. The van der Waals surface area contributed by atoms with Gasteiger partial charge >= 0.3 is 6.18 Å². The van der Waals surface area contributed by atoms with Crippen LogP contribution >= 0.6 is 0 Å². The van der Waals surface area contributed by atoms with Gasteiger partial charge in [-0.25, -0.2) is 0 Å². The number of benzene rings is 1. The van der Waals surface area contributed by atoms with Crippen LogP contribution in [0.4, 0.5) is 13.2 Å². The van der Waals surface area contributed by atoms with E-state index in [2.05, 4.69) is 0 Å². The summed E-state index contributed by atoms with van der Waals surface area (Å²) in [5, 5.41) is 0. The number of hydrogen-bond acceptors (Lipinski definition) is 4. The van der Waals surface area contributed by atoms with Crippen LogP contribution in [0.3, 0.4) is 0 Å². The van der Waals surface area contributed by atoms with Crippen LogP contribution in [0.25, 0.3) is 0 Å². The zero-order valence-corrected chi connectivity index (χ0v) is 11.7. The lowest BCUT2D eigenvalue weighted by Gasteiger charge is -2.40. The number of fused-ring (bicyclic) bond motifs is 1. The number of ether oxygens (including phenoxy) is 3. The van der Waals surface area contributed by atoms with E-state index < -0.39 is 24.2 Å². The molecule has 2 heterocycles. The monoisotopic (exact) mass is 317 g/mol. The molecule has 120 valence electrons. The van der Waals surface area contributed by atoms with Gasteiger partial charge in [0.25, 0.3) is 5.91 Å². The quantitative estimate of drug-likeness (QED) is 0.797. The minimum Gasteiger partial charge on any atom is -0.454 e. The molecule has 1 aromatic carbocycles. The Morgan fingerprint density at radius 1 is 1.27 bits per heavy atom. The van der Waals surface area contributed by atoms with Gasteiger partial charge in [-0.1, -0.05) is 0 Å². The lowest BCUT2D eigenvalue weighted by molar-refractivity contribution is -0.220. The van der Waals surface area contributed by atoms with Gasteiger partial charge in [-0.05, 0) is 25.1 Å². The minimum atomic E-state index is -4.55. The van der Waals surface area contributed by atoms with Crippen molar-refractivity contribution in [3.05, 3.63) is 23.8 Å². The first-order valence-electron chi connectivity index (χ1n) is 6.77. The molecule has 0 radical (unpaired) electrons. The van der Waals surface area contributed by atoms with E-state index in [0.29, 0.717) is 11.5 Å². The summed E-state index contributed by atoms with van der Waals surface area (Å²) in [6.07, 6.45) is -5.65. The van der Waals surface area contributed by atoms with E-state index in [9.17, 15) is 18.0 Å². The summed E-state index contributed by atoms with van der Waals surface area (Å²) in [6, 6.07) is 2.39. The molecule has 2 aliphatic rings. The fourth-order valence-electron chi connectivity index (χ4n) is 2.69. The predicted octanol–water partition coefficient (Wildman–Crippen LogP) is 2.21. The van der Waals surface area contributed by atoms with Crippen LogP contribution in [-0.4, -0.2) is 49.1 Å². The maximum atomic E-state index is 13.2. The normalized spacial score (nSPS) is 24.5. The summed E-state index contributed by atoms with van der Waals surface area (Å²) < 4.78 is 55.0. The van der Waals surface area contributed by atoms with Crippen molar-refractivity contribution in [2.45, 2.75) is 25.2 Å². The maximum Gasteiger partial charge on any atom is 0.411 e. The fraction of sp³-hybridized carbons (Fsp3) is 0.500. The lowest BCUT2D eigenvalue weighted by atomic mass is 10.1. The number of nitrogens with zero attached hydrogens (tertiary/aromatic N) is 1. The number of rotatable bonds is 1. The van der Waals surface area contributed by atoms with Crippen LogP contribution in [0.1, 0.15) is 17.3 Å². The largest absolute Gasteiger partial charge is 0.454 e. The Hall–Kier alpha value is -1.96. The maximum absolute atomic E-state index is 13.2. The molecule has 5 nitrogen and oxygen atoms in total. The van der Waals surface area contributed by atoms with Crippen molar-refractivity contribution in [2.24, 2.45) is 0 Å². The van der Waals surface area contributed by atoms with Crippen LogP contribution in [0.5, 0.6) is 11.5 Å². The Bertz CT molecular complexity index is 590. The molecule has 22 heavy (non-hydrogen) atoms. The van der Waals surface area contributed by atoms with Gasteiger partial charge in [0.1, 0.15) is 0 Å². The first-order valence-corrected chi connectivity index (χ1v) is 6.77. The van der Waals surface area contributed by atoms with Crippen molar-refractivity contribution in [1.29, 1.82) is 0 Å². The molecule has 1 fully saturated rings. The molecule has 0 N–H and O–H groups in total. The van der Waals surface area contributed by atoms with Gasteiger partial charge in [0.2, 0.25) is 6.79 Å². The molecule has 3 rings (SSSR count). The third-order valence-corrected chi connectivity index (χ3v) is 3.71. The molecule has 2 atom stereocenters. The topological polar surface area (TPSA) is 48.0 Å². The van der Waals surface area contributed by atoms with Crippen LogP contribution in [-0.2, 0) is 4.74 Å². The highest BCUT2D eigenvalue weighted by Crippen LogP contribution is 2.35. The zero-order chi connectivity index (χ0) is 15.9. The average Bonchev–Trinajstić information content (AvgIpc) is 2.92. The molecule has 0 unspecified atom stereocenters. The van der Waals surface area contributed by atoms with Crippen molar-refractivity contribution < 1.29 is 32.2 Å². The Labute approximate surface area is 124 Å². The van der Waals surface area contributed by atoms with E-state index in [4.69, 9.17) is 14.2 Å². The number of halogens is 3. The standard InChI is InChI=1S/C14H14F3NO4/c1-8-12(14(15,16)17)18(4-5-20-8)13(19)9-2-3-10-11(6-9)22-7-21-10/h2-3,6,8,12H,4-5,7H2,1H3/t8-,12-/m0/s1. The second-order valence-corrected chi connectivity index (χ2v) is 5.13. The van der Waals surface area contributed by atoms with E-state index in [1.165, 1.54) is 25.1 Å². The Morgan fingerprint density at radius 2 is 2.00 bits per heavy atom. The smallest absolute Gasteiger partial charge is 0.411 e. The molecule has 1 saturated heterocycles. The van der Waals surface area contributed by atoms with Gasteiger partial charge in [-0.15, -0.1) is 0 Å². The highest BCUT2D eigenvalue weighted by molar-refractivity contribution is 5.95. The van der Waals surface area contributed by atoms with Gasteiger partial charge in [-0.2, -0.15) is 13.2 Å². The van der Waals surface area contributed by atoms with E-state index in [0.717, 1.165) is 4.90 Å². The number of carbonyl (C=O) groups excluding carboxylic acids is 1. The summed E-state index contributed by atoms with van der Waals surface area (Å²) in [5.41, 5.74) is 0.132. The minimum absolute atomic E-state index is 0.0345. The molecular formula is C14H14F3NO4. The van der Waals surface area contributed by atoms with Gasteiger partial charge in [0, 0.05) is 12.1 Å². The number of morpholine rings is 1. The van der Waals surface area contributed by atoms with Crippen molar-refractivity contribution >= 4 is 5.91 Å². The van der Waals surface area contributed by atoms with Crippen LogP contribution < -0.4 is 9.47 Å². The SMILES string of the molecule is C[C@@H]1OCCN(C(=O)c2ccc3c(c2)OCO3)[C@@H]1C(F)(F)F. The van der Waals surface area contributed by atoms with E-state index >= 15 is 0 Å². The zero-order valence-electron chi connectivity index (χ0n) is 11.7. The summed E-state index contributed by atoms with van der Waals surface area (Å²) in [6.45, 7) is 1.32. The van der Waals surface area contributed by atoms with E-state index in [-0.39, 0.29) is 25.5 Å². The average molecular weight is 317 g/mol. The number of alkyl halides is 3. The van der Waals surface area contributed by atoms with Crippen LogP contribution in [0.2, 0.25) is 0 Å². The number of carbonyl (C=O) groups is 1. The lowest BCUT2D eigenvalue weighted by Crippen LogP contribution is -2.59. The highest BCUT2D eigenvalue weighted by atomic mass is 19.4. The summed E-state index contributed by atoms with van der Waals surface area (Å²) >= 11 is 0. The third-order valence-electron chi connectivity index (χ3n) is 3.71. The van der Waals surface area contributed by atoms with Gasteiger partial charge < -0.3 is 19.1 Å². The molecule has 0 aromatic heterocycles. The van der Waals surface area contributed by atoms with Crippen molar-refractivity contribution in [3.63, 3.8) is 0 Å². The molecule has 1 amide bonds. The van der Waals surface area contributed by atoms with Crippen molar-refractivity contribution in [1.82, 2.24) is 4.90 Å². The van der Waals surface area contributed by atoms with E-state index in [1.54, 1.807) is 0 Å². The Kier molecular flexibility index (Phi) is 3.64. The molecule has 0 bridgehead atoms. The molecule has 8 heteroatoms. The number of amides is 1. The first kappa shape index (κ1) is 15.0. The predicted molar refractivity (Wildman–Crippen MR) is 68.9 cm³/mol. The Morgan fingerprint density at radius 3 is 2.73 bits per heavy atom. The second kappa shape index (κ2) is 5.35. The molecule has 2 aliphatic heterocycles. The third kappa shape index (κ3) is 2.58. The van der Waals surface area contributed by atoms with Crippen LogP contribution in [0.15, 0.2) is 18.2 Å². The fourth-order valence-corrected chi connectivity index (χ4v) is 2.69. The highest BCUT2D eigenvalue weighted by Gasteiger charge is 2.51. The van der Waals surface area contributed by atoms with Gasteiger partial charge in [0.05, 0.1) is 12.7 Å². The summed E-state index contributed by atoms with van der Waals surface area (Å²) in [7, 11) is 0. The summed E-state index contributed by atoms with van der Waals surface area (Å²) in [5.74, 6) is 0.130. The first-order chi connectivity index (χ1) is 10.4. The molecule has 0 saturated carbocycles. The molecule has 1 aromatic rings. The molecule has 0 spiro atoms. The van der Waals surface area contributed by atoms with Crippen molar-refractivity contribution in [3.8, 4) is 11.5 Å². The van der Waals surface area contributed by atoms with Crippen LogP contribution in [0, 0.1) is 0 Å². The van der Waals surface area contributed by atoms with E-state index in [1.807, 2.05) is 0 Å². The number of hydrogen-bond donors (Lipinski definition) is 0. The van der Waals surface area contributed by atoms with Gasteiger partial charge in [0.15, 0.2) is 17.5 Å². The molecular weight excluding hydrogens is 303 g/mol. The molecule has 0 aliphatic carbocycles. The summed E-state index contributed by atoms with van der Waals surface area (Å²) in [4.78, 5) is 13.3.